The van der Waals surface area contributed by atoms with Crippen molar-refractivity contribution in [2.24, 2.45) is 5.41 Å². The SMILES string of the molecule is O=C(O)/C=C/C=C1\CCC12CCCC2. The number of rotatable bonds is 2. The molecule has 0 aromatic carbocycles. The Balaban J connectivity index is 2.01. The fourth-order valence-electron chi connectivity index (χ4n) is 2.75. The minimum absolute atomic E-state index is 0.489. The van der Waals surface area contributed by atoms with Crippen LogP contribution < -0.4 is 0 Å². The Hall–Kier alpha value is -1.05. The molecule has 1 spiro atoms. The molecule has 0 unspecified atom stereocenters. The van der Waals surface area contributed by atoms with Crippen molar-refractivity contribution in [1.82, 2.24) is 0 Å². The Labute approximate surface area is 84.3 Å². The van der Waals surface area contributed by atoms with Crippen LogP contribution in [0, 0.1) is 5.41 Å². The van der Waals surface area contributed by atoms with Crippen molar-refractivity contribution in [1.29, 1.82) is 0 Å². The molecule has 0 aromatic rings. The molecule has 0 heterocycles. The van der Waals surface area contributed by atoms with E-state index in [4.69, 9.17) is 5.11 Å². The summed E-state index contributed by atoms with van der Waals surface area (Å²) in [5, 5.41) is 8.46. The van der Waals surface area contributed by atoms with Gasteiger partial charge in [0.05, 0.1) is 0 Å². The molecule has 2 aliphatic carbocycles. The second-order valence-corrected chi connectivity index (χ2v) is 4.38. The van der Waals surface area contributed by atoms with E-state index in [1.165, 1.54) is 50.2 Å². The van der Waals surface area contributed by atoms with Crippen LogP contribution in [-0.4, -0.2) is 11.1 Å². The molecule has 0 atom stereocenters. The monoisotopic (exact) mass is 192 g/mol. The molecule has 2 rings (SSSR count). The maximum Gasteiger partial charge on any atom is 0.328 e. The van der Waals surface area contributed by atoms with Crippen LogP contribution in [0.3, 0.4) is 0 Å². The predicted molar refractivity (Wildman–Crippen MR) is 55.0 cm³/mol. The number of hydrogen-bond donors (Lipinski definition) is 1. The van der Waals surface area contributed by atoms with Crippen molar-refractivity contribution < 1.29 is 9.90 Å². The second-order valence-electron chi connectivity index (χ2n) is 4.38. The van der Waals surface area contributed by atoms with Crippen LogP contribution in [0.4, 0.5) is 0 Å². The van der Waals surface area contributed by atoms with E-state index in [-0.39, 0.29) is 0 Å². The molecule has 76 valence electrons. The van der Waals surface area contributed by atoms with Gasteiger partial charge in [-0.3, -0.25) is 0 Å². The summed E-state index contributed by atoms with van der Waals surface area (Å²) in [5.41, 5.74) is 1.97. The molecule has 0 amide bonds. The van der Waals surface area contributed by atoms with E-state index < -0.39 is 5.97 Å². The van der Waals surface area contributed by atoms with E-state index in [2.05, 4.69) is 0 Å². The fourth-order valence-corrected chi connectivity index (χ4v) is 2.75. The molecule has 2 fully saturated rings. The second kappa shape index (κ2) is 3.60. The van der Waals surface area contributed by atoms with Gasteiger partial charge in [0.25, 0.3) is 0 Å². The lowest BCUT2D eigenvalue weighted by Gasteiger charge is -2.42. The number of allylic oxidation sites excluding steroid dienone is 3. The summed E-state index contributed by atoms with van der Waals surface area (Å²) in [6, 6.07) is 0. The fraction of sp³-hybridized carbons (Fsp3) is 0.583. The highest BCUT2D eigenvalue weighted by Crippen LogP contribution is 2.56. The Morgan fingerprint density at radius 2 is 2.00 bits per heavy atom. The lowest BCUT2D eigenvalue weighted by Crippen LogP contribution is -2.28. The summed E-state index contributed by atoms with van der Waals surface area (Å²) in [5.74, 6) is -0.860. The lowest BCUT2D eigenvalue weighted by atomic mass is 9.63. The Bertz CT molecular complexity index is 293. The third-order valence-corrected chi connectivity index (χ3v) is 3.65. The zero-order valence-electron chi connectivity index (χ0n) is 8.33. The van der Waals surface area contributed by atoms with Gasteiger partial charge >= 0.3 is 5.97 Å². The molecule has 2 saturated carbocycles. The van der Waals surface area contributed by atoms with Crippen molar-refractivity contribution in [2.45, 2.75) is 38.5 Å². The molecule has 0 aliphatic heterocycles. The van der Waals surface area contributed by atoms with Crippen molar-refractivity contribution in [3.63, 3.8) is 0 Å². The number of carbonyl (C=O) groups is 1. The first-order valence-electron chi connectivity index (χ1n) is 5.34. The number of carboxylic acids is 1. The van der Waals surface area contributed by atoms with Crippen LogP contribution >= 0.6 is 0 Å². The van der Waals surface area contributed by atoms with Crippen molar-refractivity contribution in [3.05, 3.63) is 23.8 Å². The largest absolute Gasteiger partial charge is 0.478 e. The van der Waals surface area contributed by atoms with Gasteiger partial charge < -0.3 is 5.11 Å². The minimum Gasteiger partial charge on any atom is -0.478 e. The molecule has 1 N–H and O–H groups in total. The van der Waals surface area contributed by atoms with E-state index >= 15 is 0 Å². The molecule has 0 radical (unpaired) electrons. The van der Waals surface area contributed by atoms with E-state index in [1.807, 2.05) is 6.08 Å². The average Bonchev–Trinajstić information content (AvgIpc) is 2.60. The van der Waals surface area contributed by atoms with Gasteiger partial charge in [0.15, 0.2) is 0 Å². The summed E-state index contributed by atoms with van der Waals surface area (Å²) in [6.07, 6.45) is 12.7. The zero-order valence-corrected chi connectivity index (χ0v) is 8.33. The molecule has 0 bridgehead atoms. The standard InChI is InChI=1S/C12H16O2/c13-11(14)5-3-4-10-6-9-12(10)7-1-2-8-12/h3-5H,1-2,6-9H2,(H,13,14)/b5-3+,10-4+. The van der Waals surface area contributed by atoms with Gasteiger partial charge in [0.2, 0.25) is 0 Å². The van der Waals surface area contributed by atoms with Crippen LogP contribution in [0.2, 0.25) is 0 Å². The van der Waals surface area contributed by atoms with Crippen LogP contribution in [0.25, 0.3) is 0 Å². The maximum atomic E-state index is 10.3. The summed E-state index contributed by atoms with van der Waals surface area (Å²) in [7, 11) is 0. The van der Waals surface area contributed by atoms with E-state index in [0.29, 0.717) is 5.41 Å². The van der Waals surface area contributed by atoms with E-state index in [0.717, 1.165) is 0 Å². The first kappa shape index (κ1) is 9.50. The van der Waals surface area contributed by atoms with Gasteiger partial charge in [-0.1, -0.05) is 30.6 Å². The van der Waals surface area contributed by atoms with Gasteiger partial charge in [-0.25, -0.2) is 4.79 Å². The molecule has 0 aromatic heterocycles. The molecular weight excluding hydrogens is 176 g/mol. The maximum absolute atomic E-state index is 10.3. The zero-order chi connectivity index (χ0) is 10.0. The highest BCUT2D eigenvalue weighted by molar-refractivity contribution is 5.80. The van der Waals surface area contributed by atoms with Crippen LogP contribution in [0.5, 0.6) is 0 Å². The molecule has 2 heteroatoms. The Morgan fingerprint density at radius 3 is 2.50 bits per heavy atom. The normalized spacial score (nSPS) is 27.3. The van der Waals surface area contributed by atoms with Gasteiger partial charge in [-0.2, -0.15) is 0 Å². The minimum atomic E-state index is -0.860. The highest BCUT2D eigenvalue weighted by Gasteiger charge is 2.43. The molecular formula is C12H16O2. The summed E-state index contributed by atoms with van der Waals surface area (Å²) < 4.78 is 0. The molecule has 14 heavy (non-hydrogen) atoms. The van der Waals surface area contributed by atoms with Crippen LogP contribution in [-0.2, 0) is 4.79 Å². The van der Waals surface area contributed by atoms with Crippen LogP contribution in [0.15, 0.2) is 23.8 Å². The third-order valence-electron chi connectivity index (χ3n) is 3.65. The molecule has 0 saturated heterocycles. The number of carboxylic acid groups (broad SMARTS) is 1. The number of hydrogen-bond acceptors (Lipinski definition) is 1. The molecule has 2 aliphatic rings. The van der Waals surface area contributed by atoms with Crippen LogP contribution in [0.1, 0.15) is 38.5 Å². The van der Waals surface area contributed by atoms with Crippen molar-refractivity contribution in [3.8, 4) is 0 Å². The third kappa shape index (κ3) is 1.61. The number of aliphatic carboxylic acids is 1. The quantitative estimate of drug-likeness (QED) is 0.683. The van der Waals surface area contributed by atoms with Gasteiger partial charge in [0, 0.05) is 6.08 Å². The highest BCUT2D eigenvalue weighted by atomic mass is 16.4. The van der Waals surface area contributed by atoms with Gasteiger partial charge in [-0.15, -0.1) is 0 Å². The van der Waals surface area contributed by atoms with Crippen molar-refractivity contribution in [2.75, 3.05) is 0 Å². The van der Waals surface area contributed by atoms with E-state index in [1.54, 1.807) is 6.08 Å². The van der Waals surface area contributed by atoms with Gasteiger partial charge in [0.1, 0.15) is 0 Å². The average molecular weight is 192 g/mol. The molecule has 2 nitrogen and oxygen atoms in total. The van der Waals surface area contributed by atoms with Crippen molar-refractivity contribution >= 4 is 5.97 Å². The predicted octanol–water partition coefficient (Wildman–Crippen LogP) is 2.91. The Kier molecular flexibility index (Phi) is 2.44. The Morgan fingerprint density at radius 1 is 1.29 bits per heavy atom. The smallest absolute Gasteiger partial charge is 0.328 e. The summed E-state index contributed by atoms with van der Waals surface area (Å²) >= 11 is 0. The van der Waals surface area contributed by atoms with Gasteiger partial charge in [-0.05, 0) is 31.1 Å². The summed E-state index contributed by atoms with van der Waals surface area (Å²) in [4.78, 5) is 10.3. The first-order chi connectivity index (χ1) is 6.73. The van der Waals surface area contributed by atoms with E-state index in [9.17, 15) is 4.79 Å². The lowest BCUT2D eigenvalue weighted by molar-refractivity contribution is -0.131. The topological polar surface area (TPSA) is 37.3 Å². The summed E-state index contributed by atoms with van der Waals surface area (Å²) in [6.45, 7) is 0. The first-order valence-corrected chi connectivity index (χ1v) is 5.34.